The summed E-state index contributed by atoms with van der Waals surface area (Å²) in [7, 11) is 0. The molecule has 7 nitrogen and oxygen atoms in total. The summed E-state index contributed by atoms with van der Waals surface area (Å²) in [6, 6.07) is 13.2. The Hall–Kier alpha value is -3.61. The van der Waals surface area contributed by atoms with Gasteiger partial charge in [-0.2, -0.15) is 0 Å². The second kappa shape index (κ2) is 8.82. The number of fused-ring (bicyclic) bond motifs is 1. The molecule has 0 saturated carbocycles. The van der Waals surface area contributed by atoms with Crippen molar-refractivity contribution < 1.29 is 23.8 Å². The van der Waals surface area contributed by atoms with Crippen LogP contribution in [0, 0.1) is 13.8 Å². The number of amides is 1. The number of benzene rings is 2. The maximum Gasteiger partial charge on any atom is 0.340 e. The molecule has 1 N–H and O–H groups in total. The largest absolute Gasteiger partial charge is 0.548 e. The maximum atomic E-state index is 12.7. The van der Waals surface area contributed by atoms with Crippen molar-refractivity contribution in [1.82, 2.24) is 5.32 Å². The number of aliphatic carboxylic acids is 1. The van der Waals surface area contributed by atoms with Gasteiger partial charge in [-0.1, -0.05) is 30.3 Å². The number of hydrogen-bond donors (Lipinski definition) is 1. The van der Waals surface area contributed by atoms with Gasteiger partial charge in [-0.15, -0.1) is 0 Å². The predicted molar refractivity (Wildman–Crippen MR) is 109 cm³/mol. The molecule has 7 heteroatoms. The first-order chi connectivity index (χ1) is 14.3. The Morgan fingerprint density at radius 1 is 1.10 bits per heavy atom. The third-order valence-corrected chi connectivity index (χ3v) is 4.96. The van der Waals surface area contributed by atoms with Crippen LogP contribution >= 0.6 is 0 Å². The lowest BCUT2D eigenvalue weighted by Crippen LogP contribution is -2.43. The summed E-state index contributed by atoms with van der Waals surface area (Å²) in [6.45, 7) is 4.52. The zero-order chi connectivity index (χ0) is 21.8. The molecule has 0 bridgehead atoms. The highest BCUT2D eigenvalue weighted by Crippen LogP contribution is 2.30. The molecule has 0 radical (unpaired) electrons. The summed E-state index contributed by atoms with van der Waals surface area (Å²) in [5, 5.41) is 13.5. The van der Waals surface area contributed by atoms with Gasteiger partial charge in [-0.3, -0.25) is 4.79 Å². The SMILES string of the molecule is Cc1c(Cc2ccccc2)c(=O)oc2c(C)c(O[C@H](C)C(=O)NCC(=O)[O-])ccc12. The van der Waals surface area contributed by atoms with Crippen LogP contribution in [0.4, 0.5) is 0 Å². The number of carbonyl (C=O) groups is 2. The molecule has 1 atom stereocenters. The fraction of sp³-hybridized carbons (Fsp3) is 0.261. The lowest BCUT2D eigenvalue weighted by atomic mass is 9.98. The smallest absolute Gasteiger partial charge is 0.340 e. The highest BCUT2D eigenvalue weighted by atomic mass is 16.5. The van der Waals surface area contributed by atoms with E-state index in [-0.39, 0.29) is 0 Å². The quantitative estimate of drug-likeness (QED) is 0.595. The van der Waals surface area contributed by atoms with Gasteiger partial charge >= 0.3 is 5.63 Å². The monoisotopic (exact) mass is 408 g/mol. The van der Waals surface area contributed by atoms with Crippen LogP contribution in [0.2, 0.25) is 0 Å². The predicted octanol–water partition coefficient (Wildman–Crippen LogP) is 1.63. The van der Waals surface area contributed by atoms with Crippen molar-refractivity contribution in [3.05, 3.63) is 75.1 Å². The molecule has 1 heterocycles. The van der Waals surface area contributed by atoms with Crippen molar-refractivity contribution in [2.24, 2.45) is 0 Å². The number of ether oxygens (including phenoxy) is 1. The van der Waals surface area contributed by atoms with E-state index >= 15 is 0 Å². The minimum absolute atomic E-state index is 0.372. The van der Waals surface area contributed by atoms with Crippen molar-refractivity contribution >= 4 is 22.8 Å². The summed E-state index contributed by atoms with van der Waals surface area (Å²) in [5.41, 5.74) is 3.01. The minimum atomic E-state index is -1.39. The van der Waals surface area contributed by atoms with E-state index in [0.29, 0.717) is 28.9 Å². The number of rotatable bonds is 7. The highest BCUT2D eigenvalue weighted by Gasteiger charge is 2.19. The molecule has 0 unspecified atom stereocenters. The first-order valence-corrected chi connectivity index (χ1v) is 9.52. The number of hydrogen-bond acceptors (Lipinski definition) is 6. The Labute approximate surface area is 173 Å². The van der Waals surface area contributed by atoms with Gasteiger partial charge in [0.1, 0.15) is 11.3 Å². The van der Waals surface area contributed by atoms with E-state index in [1.807, 2.05) is 37.3 Å². The van der Waals surface area contributed by atoms with Crippen LogP contribution in [0.1, 0.15) is 29.2 Å². The molecule has 1 amide bonds. The molecule has 0 fully saturated rings. The summed E-state index contributed by atoms with van der Waals surface area (Å²) in [4.78, 5) is 35.1. The molecule has 1 aromatic heterocycles. The third kappa shape index (κ3) is 4.51. The number of carbonyl (C=O) groups excluding carboxylic acids is 2. The van der Waals surface area contributed by atoms with Crippen LogP contribution in [0.3, 0.4) is 0 Å². The first-order valence-electron chi connectivity index (χ1n) is 9.52. The molecule has 30 heavy (non-hydrogen) atoms. The summed E-state index contributed by atoms with van der Waals surface area (Å²) >= 11 is 0. The van der Waals surface area contributed by atoms with E-state index in [1.54, 1.807) is 19.1 Å². The molecule has 0 spiro atoms. The van der Waals surface area contributed by atoms with Gasteiger partial charge in [-0.25, -0.2) is 4.79 Å². The molecule has 0 aliphatic carbocycles. The van der Waals surface area contributed by atoms with Gasteiger partial charge < -0.3 is 24.4 Å². The molecule has 0 aliphatic heterocycles. The fourth-order valence-corrected chi connectivity index (χ4v) is 3.25. The van der Waals surface area contributed by atoms with Crippen LogP contribution in [0.15, 0.2) is 51.7 Å². The molecule has 0 saturated heterocycles. The molecule has 3 rings (SSSR count). The van der Waals surface area contributed by atoms with Crippen LogP contribution in [-0.4, -0.2) is 24.5 Å². The number of carboxylic acid groups (broad SMARTS) is 1. The molecule has 3 aromatic rings. The minimum Gasteiger partial charge on any atom is -0.548 e. The number of carboxylic acids is 1. The van der Waals surface area contributed by atoms with E-state index in [1.165, 1.54) is 6.92 Å². The van der Waals surface area contributed by atoms with Gasteiger partial charge in [-0.05, 0) is 44.0 Å². The average Bonchev–Trinajstić information content (AvgIpc) is 2.72. The standard InChI is InChI=1S/C23H23NO6/c1-13-17-9-10-19(29-15(3)22(27)24-12-20(25)26)14(2)21(17)30-23(28)18(13)11-16-7-5-4-6-8-16/h4-10,15H,11-12H2,1-3H3,(H,24,27)(H,25,26)/p-1/t15-/m1/s1. The molecule has 2 aromatic carbocycles. The Kier molecular flexibility index (Phi) is 6.20. The molecular weight excluding hydrogens is 386 g/mol. The van der Waals surface area contributed by atoms with Gasteiger partial charge in [0.25, 0.3) is 5.91 Å². The Morgan fingerprint density at radius 3 is 2.47 bits per heavy atom. The fourth-order valence-electron chi connectivity index (χ4n) is 3.25. The van der Waals surface area contributed by atoms with Gasteiger partial charge in [0, 0.05) is 22.9 Å². The number of nitrogens with one attached hydrogen (secondary N) is 1. The molecule has 156 valence electrons. The van der Waals surface area contributed by atoms with E-state index in [2.05, 4.69) is 5.32 Å². The Balaban J connectivity index is 1.91. The van der Waals surface area contributed by atoms with Crippen molar-refractivity contribution in [2.75, 3.05) is 6.54 Å². The van der Waals surface area contributed by atoms with Crippen molar-refractivity contribution in [2.45, 2.75) is 33.3 Å². The topological polar surface area (TPSA) is 109 Å². The lowest BCUT2D eigenvalue weighted by Gasteiger charge is -2.17. The van der Waals surface area contributed by atoms with Crippen LogP contribution in [0.5, 0.6) is 5.75 Å². The van der Waals surface area contributed by atoms with Crippen molar-refractivity contribution in [1.29, 1.82) is 0 Å². The number of aryl methyl sites for hydroxylation is 2. The van der Waals surface area contributed by atoms with E-state index < -0.39 is 30.2 Å². The van der Waals surface area contributed by atoms with Crippen molar-refractivity contribution in [3.63, 3.8) is 0 Å². The summed E-state index contributed by atoms with van der Waals surface area (Å²) < 4.78 is 11.3. The summed E-state index contributed by atoms with van der Waals surface area (Å²) in [6.07, 6.45) is -0.469. The van der Waals surface area contributed by atoms with Gasteiger partial charge in [0.05, 0.1) is 12.5 Å². The highest BCUT2D eigenvalue weighted by molar-refractivity contribution is 5.87. The van der Waals surface area contributed by atoms with Gasteiger partial charge in [0.2, 0.25) is 0 Å². The van der Waals surface area contributed by atoms with E-state index in [4.69, 9.17) is 9.15 Å². The van der Waals surface area contributed by atoms with Gasteiger partial charge in [0.15, 0.2) is 6.10 Å². The molecule has 0 aliphatic rings. The zero-order valence-electron chi connectivity index (χ0n) is 17.0. The Morgan fingerprint density at radius 2 is 1.80 bits per heavy atom. The normalized spacial score (nSPS) is 11.8. The third-order valence-electron chi connectivity index (χ3n) is 4.96. The molecular formula is C23H22NO6-. The Bertz CT molecular complexity index is 1150. The van der Waals surface area contributed by atoms with Crippen LogP contribution in [0.25, 0.3) is 11.0 Å². The van der Waals surface area contributed by atoms with Crippen molar-refractivity contribution in [3.8, 4) is 5.75 Å². The maximum absolute atomic E-state index is 12.7. The second-order valence-corrected chi connectivity index (χ2v) is 7.07. The van der Waals surface area contributed by atoms with Crippen LogP contribution in [-0.2, 0) is 16.0 Å². The average molecular weight is 408 g/mol. The first kappa shape index (κ1) is 21.1. The van der Waals surface area contributed by atoms with E-state index in [9.17, 15) is 19.5 Å². The lowest BCUT2D eigenvalue weighted by molar-refractivity contribution is -0.304. The zero-order valence-corrected chi connectivity index (χ0v) is 17.0. The van der Waals surface area contributed by atoms with E-state index in [0.717, 1.165) is 16.5 Å². The second-order valence-electron chi connectivity index (χ2n) is 7.07. The summed E-state index contributed by atoms with van der Waals surface area (Å²) in [5.74, 6) is -1.60. The van der Waals surface area contributed by atoms with Crippen LogP contribution < -0.4 is 20.8 Å².